The summed E-state index contributed by atoms with van der Waals surface area (Å²) < 4.78 is 16.7. The molecule has 0 spiro atoms. The zero-order valence-corrected chi connectivity index (χ0v) is 18.7. The maximum atomic E-state index is 12.7. The Morgan fingerprint density at radius 2 is 1.96 bits per heavy atom. The highest BCUT2D eigenvalue weighted by Crippen LogP contribution is 2.39. The zero-order valence-electron chi connectivity index (χ0n) is 16.3. The Morgan fingerprint density at radius 1 is 1.29 bits per heavy atom. The van der Waals surface area contributed by atoms with Crippen LogP contribution in [0.15, 0.2) is 21.5 Å². The van der Waals surface area contributed by atoms with E-state index in [4.69, 9.17) is 14.2 Å². The summed E-state index contributed by atoms with van der Waals surface area (Å²) in [7, 11) is 1.52. The number of nitrogens with zero attached hydrogens (tertiary/aromatic N) is 1. The first-order valence-electron chi connectivity index (χ1n) is 8.67. The van der Waals surface area contributed by atoms with E-state index in [1.165, 1.54) is 14.0 Å². The molecule has 1 aliphatic heterocycles. The van der Waals surface area contributed by atoms with Crippen molar-refractivity contribution in [1.29, 1.82) is 0 Å². The van der Waals surface area contributed by atoms with Crippen LogP contribution in [0, 0.1) is 0 Å². The minimum absolute atomic E-state index is 0.0445. The van der Waals surface area contributed by atoms with Gasteiger partial charge in [-0.05, 0) is 79.2 Å². The maximum absolute atomic E-state index is 12.7. The van der Waals surface area contributed by atoms with Crippen molar-refractivity contribution in [2.45, 2.75) is 39.8 Å². The molecule has 0 aromatic heterocycles. The molecular weight excluding hydrogens is 450 g/mol. The minimum Gasteiger partial charge on any atom is -0.493 e. The molecule has 0 unspecified atom stereocenters. The summed E-state index contributed by atoms with van der Waals surface area (Å²) in [5.41, 5.74) is 0.647. The number of methoxy groups -OCH3 is 1. The second kappa shape index (κ2) is 9.47. The highest BCUT2D eigenvalue weighted by atomic mass is 79.9. The van der Waals surface area contributed by atoms with Gasteiger partial charge in [-0.1, -0.05) is 0 Å². The van der Waals surface area contributed by atoms with Crippen LogP contribution in [0.2, 0.25) is 0 Å². The molecule has 1 aromatic carbocycles. The van der Waals surface area contributed by atoms with Gasteiger partial charge in [-0.25, -0.2) is 4.79 Å². The normalized spacial score (nSPS) is 16.7. The van der Waals surface area contributed by atoms with Crippen LogP contribution < -0.4 is 9.47 Å². The van der Waals surface area contributed by atoms with Crippen LogP contribution in [-0.4, -0.2) is 47.9 Å². The predicted molar refractivity (Wildman–Crippen MR) is 110 cm³/mol. The van der Waals surface area contributed by atoms with Crippen LogP contribution in [0.25, 0.3) is 6.08 Å². The van der Waals surface area contributed by atoms with Crippen LogP contribution in [0.5, 0.6) is 11.5 Å². The molecule has 0 bridgehead atoms. The monoisotopic (exact) mass is 471 g/mol. The first-order valence-corrected chi connectivity index (χ1v) is 10.3. The minimum atomic E-state index is -0.985. The predicted octanol–water partition coefficient (Wildman–Crippen LogP) is 4.23. The van der Waals surface area contributed by atoms with E-state index in [9.17, 15) is 14.4 Å². The molecule has 1 aliphatic rings. The molecule has 9 heteroatoms. The molecule has 152 valence electrons. The molecule has 1 heterocycles. The number of hydrogen-bond donors (Lipinski definition) is 0. The van der Waals surface area contributed by atoms with Gasteiger partial charge < -0.3 is 14.2 Å². The smallest absolute Gasteiger partial charge is 0.329 e. The average molecular weight is 472 g/mol. The fraction of sp³-hybridized carbons (Fsp3) is 0.421. The van der Waals surface area contributed by atoms with E-state index in [1.807, 2.05) is 13.8 Å². The van der Waals surface area contributed by atoms with Crippen molar-refractivity contribution in [3.63, 3.8) is 0 Å². The fourth-order valence-electron chi connectivity index (χ4n) is 2.51. The number of imide groups is 1. The third-order valence-electron chi connectivity index (χ3n) is 3.74. The van der Waals surface area contributed by atoms with Crippen LogP contribution in [0.1, 0.15) is 33.3 Å². The molecule has 0 N–H and O–H groups in total. The number of hydrogen-bond acceptors (Lipinski definition) is 7. The van der Waals surface area contributed by atoms with Gasteiger partial charge in [-0.15, -0.1) is 0 Å². The Kier molecular flexibility index (Phi) is 7.54. The molecule has 2 rings (SSSR count). The van der Waals surface area contributed by atoms with Gasteiger partial charge >= 0.3 is 5.97 Å². The summed E-state index contributed by atoms with van der Waals surface area (Å²) >= 11 is 4.23. The van der Waals surface area contributed by atoms with Crippen molar-refractivity contribution in [1.82, 2.24) is 4.90 Å². The van der Waals surface area contributed by atoms with Crippen LogP contribution >= 0.6 is 27.7 Å². The molecular formula is C19H22BrNO6S. The van der Waals surface area contributed by atoms with E-state index in [0.29, 0.717) is 21.5 Å². The lowest BCUT2D eigenvalue weighted by atomic mass is 10.1. The summed E-state index contributed by atoms with van der Waals surface area (Å²) in [6.07, 6.45) is 1.53. The van der Waals surface area contributed by atoms with Gasteiger partial charge in [0.2, 0.25) is 0 Å². The summed E-state index contributed by atoms with van der Waals surface area (Å²) in [5, 5.41) is -0.511. The van der Waals surface area contributed by atoms with Crippen molar-refractivity contribution in [2.24, 2.45) is 0 Å². The van der Waals surface area contributed by atoms with E-state index in [1.54, 1.807) is 25.1 Å². The Bertz CT molecular complexity index is 823. The number of thioether (sulfide) groups is 1. The van der Waals surface area contributed by atoms with Gasteiger partial charge in [0.1, 0.15) is 6.04 Å². The number of benzene rings is 1. The third-order valence-corrected chi connectivity index (χ3v) is 5.21. The molecule has 28 heavy (non-hydrogen) atoms. The number of amides is 2. The van der Waals surface area contributed by atoms with Gasteiger partial charge in [0.05, 0.1) is 29.2 Å². The SMILES string of the molecule is CCOC(=O)[C@@H](C)N1C(=O)S/C(=C\c2cc(Br)c(OC(C)C)c(OC)c2)C1=O. The molecule has 1 atom stereocenters. The van der Waals surface area contributed by atoms with Crippen molar-refractivity contribution in [3.05, 3.63) is 27.1 Å². The lowest BCUT2D eigenvalue weighted by molar-refractivity contribution is -0.150. The van der Waals surface area contributed by atoms with Crippen molar-refractivity contribution in [2.75, 3.05) is 13.7 Å². The number of halogens is 1. The number of carbonyl (C=O) groups is 3. The van der Waals surface area contributed by atoms with Gasteiger partial charge in [-0.3, -0.25) is 14.5 Å². The molecule has 0 aliphatic carbocycles. The lowest BCUT2D eigenvalue weighted by Crippen LogP contribution is -2.42. The van der Waals surface area contributed by atoms with Gasteiger partial charge in [0.25, 0.3) is 11.1 Å². The van der Waals surface area contributed by atoms with Gasteiger partial charge in [0, 0.05) is 0 Å². The Morgan fingerprint density at radius 3 is 2.54 bits per heavy atom. The van der Waals surface area contributed by atoms with E-state index in [2.05, 4.69) is 15.9 Å². The van der Waals surface area contributed by atoms with Crippen LogP contribution in [0.4, 0.5) is 4.79 Å². The molecule has 7 nitrogen and oxygen atoms in total. The number of carbonyl (C=O) groups excluding carboxylic acids is 3. The van der Waals surface area contributed by atoms with Gasteiger partial charge in [0.15, 0.2) is 11.5 Å². The summed E-state index contributed by atoms with van der Waals surface area (Å²) in [6, 6.07) is 2.50. The van der Waals surface area contributed by atoms with E-state index in [-0.39, 0.29) is 17.6 Å². The highest BCUT2D eigenvalue weighted by Gasteiger charge is 2.41. The summed E-state index contributed by atoms with van der Waals surface area (Å²) in [5.74, 6) is -0.106. The number of esters is 1. The van der Waals surface area contributed by atoms with E-state index in [0.717, 1.165) is 16.7 Å². The number of rotatable bonds is 7. The third kappa shape index (κ3) is 4.88. The van der Waals surface area contributed by atoms with Crippen molar-refractivity contribution < 1.29 is 28.6 Å². The van der Waals surface area contributed by atoms with E-state index < -0.39 is 23.2 Å². The first kappa shape index (κ1) is 22.3. The number of ether oxygens (including phenoxy) is 3. The maximum Gasteiger partial charge on any atom is 0.329 e. The molecule has 1 saturated heterocycles. The topological polar surface area (TPSA) is 82.1 Å². The lowest BCUT2D eigenvalue weighted by Gasteiger charge is -2.19. The second-order valence-electron chi connectivity index (χ2n) is 6.18. The van der Waals surface area contributed by atoms with Crippen LogP contribution in [0.3, 0.4) is 0 Å². The van der Waals surface area contributed by atoms with Crippen molar-refractivity contribution >= 4 is 50.9 Å². The summed E-state index contributed by atoms with van der Waals surface area (Å²) in [4.78, 5) is 38.0. The van der Waals surface area contributed by atoms with Gasteiger partial charge in [-0.2, -0.15) is 0 Å². The average Bonchev–Trinajstić information content (AvgIpc) is 2.89. The molecule has 1 aromatic rings. The van der Waals surface area contributed by atoms with Crippen LogP contribution in [-0.2, 0) is 14.3 Å². The standard InChI is InChI=1S/C19H22BrNO6S/c1-6-26-18(23)11(4)21-17(22)15(28-19(21)24)9-12-7-13(20)16(27-10(2)3)14(8-12)25-5/h7-11H,6H2,1-5H3/b15-9-/t11-/m1/s1. The molecule has 1 fully saturated rings. The Balaban J connectivity index is 2.33. The first-order chi connectivity index (χ1) is 13.2. The molecule has 0 saturated carbocycles. The Labute approximate surface area is 176 Å². The molecule has 2 amide bonds. The molecule has 0 radical (unpaired) electrons. The highest BCUT2D eigenvalue weighted by molar-refractivity contribution is 9.10. The van der Waals surface area contributed by atoms with Crippen molar-refractivity contribution in [3.8, 4) is 11.5 Å². The second-order valence-corrected chi connectivity index (χ2v) is 8.03. The largest absolute Gasteiger partial charge is 0.493 e. The van der Waals surface area contributed by atoms with E-state index >= 15 is 0 Å². The summed E-state index contributed by atoms with van der Waals surface area (Å²) in [6.45, 7) is 7.11. The Hall–Kier alpha value is -2.00. The zero-order chi connectivity index (χ0) is 21.0. The fourth-order valence-corrected chi connectivity index (χ4v) is 3.97. The quantitative estimate of drug-likeness (QED) is 0.434.